The van der Waals surface area contributed by atoms with Gasteiger partial charge in [-0.3, -0.25) is 10.0 Å². The Balaban J connectivity index is 3.02. The van der Waals surface area contributed by atoms with Crippen LogP contribution in [0.5, 0.6) is 0 Å². The minimum absolute atomic E-state index is 0.0237. The summed E-state index contributed by atoms with van der Waals surface area (Å²) in [4.78, 5) is 15.6. The van der Waals surface area contributed by atoms with E-state index in [1.54, 1.807) is 24.3 Å². The second-order valence-electron chi connectivity index (χ2n) is 2.43. The molecule has 5 nitrogen and oxygen atoms in total. The van der Waals surface area contributed by atoms with Gasteiger partial charge in [0.15, 0.2) is 5.71 Å². The highest BCUT2D eigenvalue weighted by atomic mass is 16.6. The Morgan fingerprint density at radius 2 is 2.07 bits per heavy atom. The number of carbonyl (C=O) groups is 1. The van der Waals surface area contributed by atoms with Crippen LogP contribution in [0, 0.1) is 0 Å². The topological polar surface area (TPSA) is 70.9 Å². The number of rotatable bonds is 3. The third-order valence-electron chi connectivity index (χ3n) is 1.55. The highest BCUT2D eigenvalue weighted by Crippen LogP contribution is 2.01. The standard InChI is InChI=1S/C9H10N2O3/c1-14-11-8(9(12)10-13)7-5-3-2-4-6-7/h2-6,13H,1H3,(H,10,12)/b11-8+. The minimum Gasteiger partial charge on any atom is -0.398 e. The van der Waals surface area contributed by atoms with E-state index >= 15 is 0 Å². The molecule has 1 aromatic rings. The molecule has 0 fully saturated rings. The fourth-order valence-corrected chi connectivity index (χ4v) is 0.966. The number of carbonyl (C=O) groups excluding carboxylic acids is 1. The lowest BCUT2D eigenvalue weighted by atomic mass is 10.1. The van der Waals surface area contributed by atoms with Gasteiger partial charge in [-0.05, 0) is 0 Å². The van der Waals surface area contributed by atoms with Crippen LogP contribution in [0.2, 0.25) is 0 Å². The molecule has 0 unspecified atom stereocenters. The maximum Gasteiger partial charge on any atom is 0.297 e. The number of nitrogens with one attached hydrogen (secondary N) is 1. The molecule has 0 saturated heterocycles. The molecule has 0 spiro atoms. The average Bonchev–Trinajstić information content (AvgIpc) is 2.26. The molecular weight excluding hydrogens is 184 g/mol. The molecule has 2 N–H and O–H groups in total. The van der Waals surface area contributed by atoms with Gasteiger partial charge >= 0.3 is 0 Å². The van der Waals surface area contributed by atoms with Gasteiger partial charge in [0.1, 0.15) is 7.11 Å². The van der Waals surface area contributed by atoms with Crippen molar-refractivity contribution in [2.45, 2.75) is 0 Å². The Hall–Kier alpha value is -1.88. The van der Waals surface area contributed by atoms with E-state index in [1.165, 1.54) is 12.6 Å². The number of hydrogen-bond acceptors (Lipinski definition) is 4. The van der Waals surface area contributed by atoms with Crippen LogP contribution >= 0.6 is 0 Å². The fourth-order valence-electron chi connectivity index (χ4n) is 0.966. The molecule has 0 aliphatic carbocycles. The van der Waals surface area contributed by atoms with Gasteiger partial charge in [0, 0.05) is 5.56 Å². The van der Waals surface area contributed by atoms with Crippen molar-refractivity contribution in [1.29, 1.82) is 0 Å². The molecule has 1 amide bonds. The highest BCUT2D eigenvalue weighted by molar-refractivity contribution is 6.44. The number of nitrogens with zero attached hydrogens (tertiary/aromatic N) is 1. The molecular formula is C9H10N2O3. The smallest absolute Gasteiger partial charge is 0.297 e. The van der Waals surface area contributed by atoms with Gasteiger partial charge in [0.05, 0.1) is 0 Å². The van der Waals surface area contributed by atoms with Crippen LogP contribution < -0.4 is 5.48 Å². The van der Waals surface area contributed by atoms with Crippen molar-refractivity contribution in [3.63, 3.8) is 0 Å². The molecule has 0 aliphatic heterocycles. The maximum atomic E-state index is 11.1. The van der Waals surface area contributed by atoms with Crippen LogP contribution in [0.4, 0.5) is 0 Å². The number of amides is 1. The lowest BCUT2D eigenvalue weighted by Gasteiger charge is -2.02. The van der Waals surface area contributed by atoms with Gasteiger partial charge in [0.2, 0.25) is 0 Å². The molecule has 5 heteroatoms. The van der Waals surface area contributed by atoms with Gasteiger partial charge in [-0.1, -0.05) is 35.5 Å². The molecule has 0 aliphatic rings. The first-order valence-electron chi connectivity index (χ1n) is 3.90. The Bertz CT molecular complexity index is 335. The van der Waals surface area contributed by atoms with Crippen LogP contribution in [0.3, 0.4) is 0 Å². The Kier molecular flexibility index (Phi) is 3.63. The molecule has 0 radical (unpaired) electrons. The van der Waals surface area contributed by atoms with E-state index in [1.807, 2.05) is 6.07 Å². The molecule has 0 bridgehead atoms. The summed E-state index contributed by atoms with van der Waals surface area (Å²) in [6.45, 7) is 0. The summed E-state index contributed by atoms with van der Waals surface area (Å²) in [5, 5.41) is 12.0. The Morgan fingerprint density at radius 1 is 1.43 bits per heavy atom. The van der Waals surface area contributed by atoms with E-state index in [9.17, 15) is 4.79 Å². The maximum absolute atomic E-state index is 11.1. The summed E-state index contributed by atoms with van der Waals surface area (Å²) in [7, 11) is 1.33. The monoisotopic (exact) mass is 194 g/mol. The molecule has 14 heavy (non-hydrogen) atoms. The zero-order valence-electron chi connectivity index (χ0n) is 7.60. The third kappa shape index (κ3) is 2.30. The summed E-state index contributed by atoms with van der Waals surface area (Å²) in [6.07, 6.45) is 0. The van der Waals surface area contributed by atoms with E-state index < -0.39 is 5.91 Å². The van der Waals surface area contributed by atoms with Crippen LogP contribution in [0.15, 0.2) is 35.5 Å². The van der Waals surface area contributed by atoms with E-state index in [0.29, 0.717) is 5.56 Å². The number of oxime groups is 1. The lowest BCUT2D eigenvalue weighted by Crippen LogP contribution is -2.29. The molecule has 0 saturated carbocycles. The zero-order valence-corrected chi connectivity index (χ0v) is 7.60. The molecule has 0 aromatic heterocycles. The van der Waals surface area contributed by atoms with E-state index in [0.717, 1.165) is 0 Å². The van der Waals surface area contributed by atoms with Crippen molar-refractivity contribution in [1.82, 2.24) is 5.48 Å². The van der Waals surface area contributed by atoms with Crippen LogP contribution in [-0.4, -0.2) is 23.9 Å². The molecule has 1 aromatic carbocycles. The molecule has 0 atom stereocenters. The summed E-state index contributed by atoms with van der Waals surface area (Å²) in [5.74, 6) is -0.710. The SMILES string of the molecule is CO/N=C(/C(=O)NO)c1ccccc1. The zero-order chi connectivity index (χ0) is 10.4. The summed E-state index contributed by atoms with van der Waals surface area (Å²) >= 11 is 0. The number of hydrogen-bond donors (Lipinski definition) is 2. The van der Waals surface area contributed by atoms with Crippen molar-refractivity contribution >= 4 is 11.6 Å². The van der Waals surface area contributed by atoms with E-state index in [4.69, 9.17) is 5.21 Å². The Morgan fingerprint density at radius 3 is 2.57 bits per heavy atom. The first-order valence-corrected chi connectivity index (χ1v) is 3.90. The van der Waals surface area contributed by atoms with E-state index in [-0.39, 0.29) is 5.71 Å². The Labute approximate surface area is 80.9 Å². The van der Waals surface area contributed by atoms with Crippen LogP contribution in [0.1, 0.15) is 5.56 Å². The van der Waals surface area contributed by atoms with Gasteiger partial charge in [-0.25, -0.2) is 5.48 Å². The van der Waals surface area contributed by atoms with Crippen molar-refractivity contribution in [3.8, 4) is 0 Å². The molecule has 0 heterocycles. The van der Waals surface area contributed by atoms with Crippen molar-refractivity contribution in [2.24, 2.45) is 5.16 Å². The minimum atomic E-state index is -0.710. The predicted octanol–water partition coefficient (Wildman–Crippen LogP) is 0.542. The first-order chi connectivity index (χ1) is 6.79. The third-order valence-corrected chi connectivity index (χ3v) is 1.55. The largest absolute Gasteiger partial charge is 0.398 e. The fraction of sp³-hybridized carbons (Fsp3) is 0.111. The van der Waals surface area contributed by atoms with Gasteiger partial charge in [0.25, 0.3) is 5.91 Å². The van der Waals surface area contributed by atoms with Gasteiger partial charge in [-0.2, -0.15) is 0 Å². The lowest BCUT2D eigenvalue weighted by molar-refractivity contribution is -0.122. The van der Waals surface area contributed by atoms with E-state index in [2.05, 4.69) is 9.99 Å². The van der Waals surface area contributed by atoms with Gasteiger partial charge in [-0.15, -0.1) is 0 Å². The first kappa shape index (κ1) is 10.2. The van der Waals surface area contributed by atoms with Crippen molar-refractivity contribution < 1.29 is 14.8 Å². The summed E-state index contributed by atoms with van der Waals surface area (Å²) in [5.41, 5.74) is 2.09. The highest BCUT2D eigenvalue weighted by Gasteiger charge is 2.13. The van der Waals surface area contributed by atoms with Crippen LogP contribution in [0.25, 0.3) is 0 Å². The quantitative estimate of drug-likeness (QED) is 0.419. The second-order valence-corrected chi connectivity index (χ2v) is 2.43. The van der Waals surface area contributed by atoms with Crippen molar-refractivity contribution in [3.05, 3.63) is 35.9 Å². The van der Waals surface area contributed by atoms with Crippen LogP contribution in [-0.2, 0) is 9.63 Å². The van der Waals surface area contributed by atoms with Crippen molar-refractivity contribution in [2.75, 3.05) is 7.11 Å². The second kappa shape index (κ2) is 4.98. The summed E-state index contributed by atoms with van der Waals surface area (Å²) in [6, 6.07) is 8.70. The van der Waals surface area contributed by atoms with Gasteiger partial charge < -0.3 is 4.84 Å². The molecule has 74 valence electrons. The predicted molar refractivity (Wildman–Crippen MR) is 49.9 cm³/mol. The normalized spacial score (nSPS) is 10.9. The number of benzene rings is 1. The number of hydroxylamine groups is 1. The summed E-state index contributed by atoms with van der Waals surface area (Å²) < 4.78 is 0. The molecule has 1 rings (SSSR count). The average molecular weight is 194 g/mol.